The molecule has 0 aliphatic rings. The Morgan fingerprint density at radius 2 is 1.32 bits per heavy atom. The maximum Gasteiger partial charge on any atom is 0.125 e. The minimum Gasteiger partial charge on any atom is -0.496 e. The van der Waals surface area contributed by atoms with Crippen LogP contribution in [0.3, 0.4) is 0 Å². The molecule has 3 nitrogen and oxygen atoms in total. The van der Waals surface area contributed by atoms with Gasteiger partial charge in [0.1, 0.15) is 11.8 Å². The van der Waals surface area contributed by atoms with Crippen LogP contribution >= 0.6 is 0 Å². The van der Waals surface area contributed by atoms with Crippen LogP contribution in [0.4, 0.5) is 0 Å². The molecule has 0 aromatic heterocycles. The Bertz CT molecular complexity index is 801. The molecule has 0 aliphatic heterocycles. The van der Waals surface area contributed by atoms with Gasteiger partial charge in [0.25, 0.3) is 0 Å². The van der Waals surface area contributed by atoms with E-state index in [9.17, 15) is 5.26 Å². The van der Waals surface area contributed by atoms with Crippen LogP contribution in [0, 0.1) is 11.3 Å². The van der Waals surface area contributed by atoms with Crippen LogP contribution in [0.5, 0.6) is 5.75 Å². The molecule has 1 atom stereocenters. The highest BCUT2D eigenvalue weighted by molar-refractivity contribution is 5.40. The van der Waals surface area contributed by atoms with Gasteiger partial charge in [-0.3, -0.25) is 5.32 Å². The molecule has 3 rings (SSSR count). The predicted molar refractivity (Wildman–Crippen MR) is 99.2 cm³/mol. The van der Waals surface area contributed by atoms with Crippen LogP contribution in [0.25, 0.3) is 0 Å². The summed E-state index contributed by atoms with van der Waals surface area (Å²) in [6.45, 7) is 0. The van der Waals surface area contributed by atoms with Crippen LogP contribution < -0.4 is 10.1 Å². The van der Waals surface area contributed by atoms with Crippen LogP contribution in [0.15, 0.2) is 84.9 Å². The van der Waals surface area contributed by atoms with Crippen LogP contribution in [-0.4, -0.2) is 7.11 Å². The molecule has 3 aromatic rings. The molecule has 0 radical (unpaired) electrons. The van der Waals surface area contributed by atoms with Gasteiger partial charge in [0.2, 0.25) is 0 Å². The largest absolute Gasteiger partial charge is 0.496 e. The molecule has 0 saturated carbocycles. The van der Waals surface area contributed by atoms with Gasteiger partial charge in [-0.25, -0.2) is 0 Å². The number of ether oxygens (including phenoxy) is 1. The van der Waals surface area contributed by atoms with Crippen molar-refractivity contribution in [2.75, 3.05) is 7.11 Å². The van der Waals surface area contributed by atoms with Gasteiger partial charge in [-0.05, 0) is 17.2 Å². The fraction of sp³-hybridized carbons (Fsp3) is 0.136. The highest BCUT2D eigenvalue weighted by Gasteiger charge is 2.21. The molecule has 0 amide bonds. The van der Waals surface area contributed by atoms with Gasteiger partial charge in [0.15, 0.2) is 0 Å². The summed E-state index contributed by atoms with van der Waals surface area (Å²) in [5, 5.41) is 13.3. The summed E-state index contributed by atoms with van der Waals surface area (Å²) in [7, 11) is 1.62. The van der Waals surface area contributed by atoms with Crippen molar-refractivity contribution >= 4 is 0 Å². The number of para-hydroxylation sites is 1. The van der Waals surface area contributed by atoms with E-state index in [0.29, 0.717) is 5.75 Å². The fourth-order valence-electron chi connectivity index (χ4n) is 2.94. The van der Waals surface area contributed by atoms with Crippen molar-refractivity contribution in [3.63, 3.8) is 0 Å². The summed E-state index contributed by atoms with van der Waals surface area (Å²) in [5.41, 5.74) is 3.07. The standard InChI is InChI=1S/C22H20N2O/c1-25-21-15-9-8-14-19(21)20(16-23)24-22(17-10-4-2-5-11-17)18-12-6-3-7-13-18/h2-15,20,22,24H,1H3. The van der Waals surface area contributed by atoms with E-state index in [2.05, 4.69) is 35.7 Å². The molecule has 3 heteroatoms. The first-order valence-electron chi connectivity index (χ1n) is 8.22. The smallest absolute Gasteiger partial charge is 0.125 e. The molecule has 124 valence electrons. The molecular weight excluding hydrogens is 308 g/mol. The second kappa shape index (κ2) is 8.14. The van der Waals surface area contributed by atoms with Crippen LogP contribution in [0.2, 0.25) is 0 Å². The zero-order chi connectivity index (χ0) is 17.5. The molecule has 0 saturated heterocycles. The number of nitrogens with one attached hydrogen (secondary N) is 1. The molecule has 25 heavy (non-hydrogen) atoms. The van der Waals surface area contributed by atoms with E-state index in [1.54, 1.807) is 7.11 Å². The topological polar surface area (TPSA) is 45.0 Å². The normalized spacial score (nSPS) is 11.7. The van der Waals surface area contributed by atoms with Crippen molar-refractivity contribution in [2.24, 2.45) is 0 Å². The third-order valence-corrected chi connectivity index (χ3v) is 4.18. The Labute approximate surface area is 148 Å². The van der Waals surface area contributed by atoms with E-state index in [0.717, 1.165) is 16.7 Å². The summed E-state index contributed by atoms with van der Waals surface area (Å²) < 4.78 is 5.43. The first-order chi connectivity index (χ1) is 12.3. The van der Waals surface area contributed by atoms with Gasteiger partial charge in [-0.15, -0.1) is 0 Å². The zero-order valence-electron chi connectivity index (χ0n) is 14.1. The van der Waals surface area contributed by atoms with E-state index < -0.39 is 6.04 Å². The zero-order valence-corrected chi connectivity index (χ0v) is 14.1. The summed E-state index contributed by atoms with van der Waals surface area (Å²) in [6.07, 6.45) is 0. The Kier molecular flexibility index (Phi) is 5.46. The quantitative estimate of drug-likeness (QED) is 0.717. The van der Waals surface area contributed by atoms with E-state index >= 15 is 0 Å². The van der Waals surface area contributed by atoms with Crippen molar-refractivity contribution in [1.29, 1.82) is 5.26 Å². The Morgan fingerprint density at radius 3 is 1.84 bits per heavy atom. The van der Waals surface area contributed by atoms with E-state index in [4.69, 9.17) is 4.74 Å². The Balaban J connectivity index is 1.98. The number of nitrogens with zero attached hydrogens (tertiary/aromatic N) is 1. The summed E-state index contributed by atoms with van der Waals surface area (Å²) in [4.78, 5) is 0. The second-order valence-electron chi connectivity index (χ2n) is 5.73. The predicted octanol–water partition coefficient (Wildman–Crippen LogP) is 4.64. The summed E-state index contributed by atoms with van der Waals surface area (Å²) in [6, 6.07) is 29.7. The lowest BCUT2D eigenvalue weighted by Gasteiger charge is -2.24. The lowest BCUT2D eigenvalue weighted by atomic mass is 9.96. The maximum absolute atomic E-state index is 9.77. The van der Waals surface area contributed by atoms with E-state index in [-0.39, 0.29) is 6.04 Å². The number of benzene rings is 3. The molecule has 0 spiro atoms. The highest BCUT2D eigenvalue weighted by Crippen LogP contribution is 2.29. The molecule has 0 fully saturated rings. The average Bonchev–Trinajstić information content (AvgIpc) is 2.70. The van der Waals surface area contributed by atoms with Crippen molar-refractivity contribution in [2.45, 2.75) is 12.1 Å². The number of rotatable bonds is 6. The van der Waals surface area contributed by atoms with Crippen molar-refractivity contribution in [3.05, 3.63) is 102 Å². The number of hydrogen-bond donors (Lipinski definition) is 1. The van der Waals surface area contributed by atoms with Crippen molar-refractivity contribution in [1.82, 2.24) is 5.32 Å². The average molecular weight is 328 g/mol. The minimum atomic E-state index is -0.485. The van der Waals surface area contributed by atoms with Gasteiger partial charge >= 0.3 is 0 Å². The third-order valence-electron chi connectivity index (χ3n) is 4.18. The third kappa shape index (κ3) is 3.88. The summed E-state index contributed by atoms with van der Waals surface area (Å²) in [5.74, 6) is 0.710. The molecule has 0 aliphatic carbocycles. The van der Waals surface area contributed by atoms with Gasteiger partial charge in [-0.2, -0.15) is 5.26 Å². The molecule has 0 heterocycles. The Morgan fingerprint density at radius 1 is 0.800 bits per heavy atom. The lowest BCUT2D eigenvalue weighted by Crippen LogP contribution is -2.27. The van der Waals surface area contributed by atoms with Gasteiger partial charge in [0.05, 0.1) is 19.2 Å². The molecular formula is C22H20N2O. The summed E-state index contributed by atoms with van der Waals surface area (Å²) >= 11 is 0. The van der Waals surface area contributed by atoms with Crippen LogP contribution in [0.1, 0.15) is 28.8 Å². The minimum absolute atomic E-state index is 0.0861. The van der Waals surface area contributed by atoms with Gasteiger partial charge < -0.3 is 4.74 Å². The Hall–Kier alpha value is -3.09. The monoisotopic (exact) mass is 328 g/mol. The lowest BCUT2D eigenvalue weighted by molar-refractivity contribution is 0.403. The first-order valence-corrected chi connectivity index (χ1v) is 8.22. The van der Waals surface area contributed by atoms with Crippen LogP contribution in [-0.2, 0) is 0 Å². The molecule has 1 unspecified atom stereocenters. The molecule has 3 aromatic carbocycles. The van der Waals surface area contributed by atoms with Gasteiger partial charge in [-0.1, -0.05) is 78.9 Å². The number of hydrogen-bond acceptors (Lipinski definition) is 3. The number of methoxy groups -OCH3 is 1. The van der Waals surface area contributed by atoms with Crippen molar-refractivity contribution < 1.29 is 4.74 Å². The SMILES string of the molecule is COc1ccccc1C(C#N)NC(c1ccccc1)c1ccccc1. The van der Waals surface area contributed by atoms with Gasteiger partial charge in [0, 0.05) is 5.56 Å². The fourth-order valence-corrected chi connectivity index (χ4v) is 2.94. The van der Waals surface area contributed by atoms with Crippen molar-refractivity contribution in [3.8, 4) is 11.8 Å². The number of nitriles is 1. The van der Waals surface area contributed by atoms with E-state index in [1.165, 1.54) is 0 Å². The first kappa shape index (κ1) is 16.8. The highest BCUT2D eigenvalue weighted by atomic mass is 16.5. The van der Waals surface area contributed by atoms with E-state index in [1.807, 2.05) is 60.7 Å². The maximum atomic E-state index is 9.77. The second-order valence-corrected chi connectivity index (χ2v) is 5.73. The molecule has 1 N–H and O–H groups in total. The molecule has 0 bridgehead atoms.